The molecular weight excluding hydrogens is 224 g/mol. The summed E-state index contributed by atoms with van der Waals surface area (Å²) in [4.78, 5) is 4.38. The number of aryl methyl sites for hydroxylation is 2. The van der Waals surface area contributed by atoms with Gasteiger partial charge in [0.1, 0.15) is 0 Å². The highest BCUT2D eigenvalue weighted by Gasteiger charge is 2.13. The molecule has 0 bridgehead atoms. The number of rotatable bonds is 1. The molecule has 0 fully saturated rings. The van der Waals surface area contributed by atoms with Gasteiger partial charge in [0.25, 0.3) is 0 Å². The first-order valence-corrected chi connectivity index (χ1v) is 5.33. The molecule has 2 heterocycles. The van der Waals surface area contributed by atoms with Gasteiger partial charge in [-0.25, -0.2) is 9.67 Å². The third kappa shape index (κ3) is 1.65. The van der Waals surface area contributed by atoms with Gasteiger partial charge >= 0.3 is 0 Å². The molecule has 84 valence electrons. The number of hydrogen-bond donors (Lipinski definition) is 1. The Kier molecular flexibility index (Phi) is 2.59. The minimum absolute atomic E-state index is 0.591. The number of anilines is 1. The zero-order chi connectivity index (χ0) is 11.9. The van der Waals surface area contributed by atoms with Crippen molar-refractivity contribution in [3.63, 3.8) is 0 Å². The molecular formula is C11H13ClN4. The third-order valence-corrected chi connectivity index (χ3v) is 3.00. The van der Waals surface area contributed by atoms with Crippen LogP contribution >= 0.6 is 11.6 Å². The third-order valence-electron chi connectivity index (χ3n) is 2.45. The lowest BCUT2D eigenvalue weighted by atomic mass is 10.3. The summed E-state index contributed by atoms with van der Waals surface area (Å²) < 4.78 is 1.68. The second-order valence-corrected chi connectivity index (χ2v) is 4.14. The second-order valence-electron chi connectivity index (χ2n) is 3.76. The van der Waals surface area contributed by atoms with Gasteiger partial charge in [-0.15, -0.1) is 0 Å². The van der Waals surface area contributed by atoms with Crippen LogP contribution in [0.1, 0.15) is 17.1 Å². The van der Waals surface area contributed by atoms with E-state index < -0.39 is 0 Å². The van der Waals surface area contributed by atoms with Crippen LogP contribution in [0, 0.1) is 20.8 Å². The Labute approximate surface area is 99.1 Å². The number of pyridine rings is 1. The molecule has 0 saturated carbocycles. The first-order chi connectivity index (χ1) is 7.50. The van der Waals surface area contributed by atoms with Crippen LogP contribution in [0.3, 0.4) is 0 Å². The average Bonchev–Trinajstić information content (AvgIpc) is 2.50. The second kappa shape index (κ2) is 3.79. The zero-order valence-electron chi connectivity index (χ0n) is 9.45. The Morgan fingerprint density at radius 3 is 2.50 bits per heavy atom. The topological polar surface area (TPSA) is 56.7 Å². The Morgan fingerprint density at radius 2 is 1.94 bits per heavy atom. The van der Waals surface area contributed by atoms with E-state index in [2.05, 4.69) is 10.1 Å². The molecule has 0 aromatic carbocycles. The molecule has 0 amide bonds. The quantitative estimate of drug-likeness (QED) is 0.827. The van der Waals surface area contributed by atoms with Gasteiger partial charge in [-0.3, -0.25) is 0 Å². The number of nitrogen functional groups attached to an aromatic ring is 1. The Morgan fingerprint density at radius 1 is 1.25 bits per heavy atom. The van der Waals surface area contributed by atoms with E-state index in [-0.39, 0.29) is 0 Å². The maximum absolute atomic E-state index is 6.09. The van der Waals surface area contributed by atoms with Crippen molar-refractivity contribution in [3.8, 4) is 5.82 Å². The fourth-order valence-electron chi connectivity index (χ4n) is 1.55. The number of nitrogens with two attached hydrogens (primary N) is 1. The minimum atomic E-state index is 0.591. The lowest BCUT2D eigenvalue weighted by Crippen LogP contribution is -2.06. The van der Waals surface area contributed by atoms with Crippen molar-refractivity contribution in [2.75, 3.05) is 5.73 Å². The lowest BCUT2D eigenvalue weighted by molar-refractivity contribution is 0.804. The monoisotopic (exact) mass is 236 g/mol. The standard InChI is InChI=1S/C11H13ClN4/c1-6-4-5-9(13)11(14-6)16-8(3)10(12)7(2)15-16/h4-5H,13H2,1-3H3. The van der Waals surface area contributed by atoms with Crippen molar-refractivity contribution in [3.05, 3.63) is 34.2 Å². The Bertz CT molecular complexity index is 545. The van der Waals surface area contributed by atoms with Gasteiger partial charge < -0.3 is 5.73 Å². The van der Waals surface area contributed by atoms with Crippen LogP contribution in [-0.2, 0) is 0 Å². The van der Waals surface area contributed by atoms with E-state index in [1.807, 2.05) is 32.9 Å². The van der Waals surface area contributed by atoms with Gasteiger partial charge in [-0.2, -0.15) is 5.10 Å². The summed E-state index contributed by atoms with van der Waals surface area (Å²) >= 11 is 6.09. The summed E-state index contributed by atoms with van der Waals surface area (Å²) in [5, 5.41) is 4.98. The molecule has 0 aliphatic heterocycles. The minimum Gasteiger partial charge on any atom is -0.396 e. The lowest BCUT2D eigenvalue weighted by Gasteiger charge is -2.07. The van der Waals surface area contributed by atoms with Crippen LogP contribution in [-0.4, -0.2) is 14.8 Å². The molecule has 0 aliphatic rings. The largest absolute Gasteiger partial charge is 0.396 e. The predicted octanol–water partition coefficient (Wildman–Crippen LogP) is 2.43. The molecule has 2 aromatic rings. The molecule has 4 nitrogen and oxygen atoms in total. The normalized spacial score (nSPS) is 10.8. The van der Waals surface area contributed by atoms with Crippen LogP contribution in [0.5, 0.6) is 0 Å². The summed E-state index contributed by atoms with van der Waals surface area (Å²) in [5.41, 5.74) is 9.00. The summed E-state index contributed by atoms with van der Waals surface area (Å²) in [6.45, 7) is 5.67. The van der Waals surface area contributed by atoms with Crippen molar-refractivity contribution in [1.82, 2.24) is 14.8 Å². The summed E-state index contributed by atoms with van der Waals surface area (Å²) in [6.07, 6.45) is 0. The highest BCUT2D eigenvalue weighted by molar-refractivity contribution is 6.31. The van der Waals surface area contributed by atoms with Gasteiger partial charge in [-0.05, 0) is 32.9 Å². The predicted molar refractivity (Wildman–Crippen MR) is 65.0 cm³/mol. The molecule has 16 heavy (non-hydrogen) atoms. The SMILES string of the molecule is Cc1ccc(N)c(-n2nc(C)c(Cl)c2C)n1. The molecule has 0 unspecified atom stereocenters. The van der Waals surface area contributed by atoms with E-state index >= 15 is 0 Å². The number of aromatic nitrogens is 3. The molecule has 0 spiro atoms. The molecule has 2 N–H and O–H groups in total. The van der Waals surface area contributed by atoms with Gasteiger partial charge in [0.15, 0.2) is 5.82 Å². The van der Waals surface area contributed by atoms with Gasteiger partial charge in [0.2, 0.25) is 0 Å². The summed E-state index contributed by atoms with van der Waals surface area (Å²) in [6, 6.07) is 3.69. The highest BCUT2D eigenvalue weighted by atomic mass is 35.5. The Hall–Kier alpha value is -1.55. The van der Waals surface area contributed by atoms with Gasteiger partial charge in [0, 0.05) is 5.69 Å². The summed E-state index contributed by atoms with van der Waals surface area (Å²) in [7, 11) is 0. The molecule has 0 radical (unpaired) electrons. The van der Waals surface area contributed by atoms with Crippen LogP contribution in [0.4, 0.5) is 5.69 Å². The molecule has 0 atom stereocenters. The van der Waals surface area contributed by atoms with Crippen molar-refractivity contribution in [1.29, 1.82) is 0 Å². The average molecular weight is 237 g/mol. The van der Waals surface area contributed by atoms with Crippen LogP contribution < -0.4 is 5.73 Å². The fourth-order valence-corrected chi connectivity index (χ4v) is 1.67. The number of nitrogens with zero attached hydrogens (tertiary/aromatic N) is 3. The highest BCUT2D eigenvalue weighted by Crippen LogP contribution is 2.24. The van der Waals surface area contributed by atoms with E-state index in [4.69, 9.17) is 17.3 Å². The van der Waals surface area contributed by atoms with Crippen molar-refractivity contribution in [2.24, 2.45) is 0 Å². The molecule has 2 aromatic heterocycles. The van der Waals surface area contributed by atoms with Crippen molar-refractivity contribution < 1.29 is 0 Å². The number of hydrogen-bond acceptors (Lipinski definition) is 3. The van der Waals surface area contributed by atoms with E-state index in [0.29, 0.717) is 16.5 Å². The first-order valence-electron chi connectivity index (χ1n) is 4.96. The molecule has 2 rings (SSSR count). The number of halogens is 1. The Balaban J connectivity index is 2.67. The van der Waals surface area contributed by atoms with E-state index in [1.165, 1.54) is 0 Å². The first kappa shape index (κ1) is 11.0. The van der Waals surface area contributed by atoms with Crippen LogP contribution in [0.2, 0.25) is 5.02 Å². The molecule has 0 saturated heterocycles. The summed E-state index contributed by atoms with van der Waals surface area (Å²) in [5.74, 6) is 0.632. The van der Waals surface area contributed by atoms with Gasteiger partial charge in [0.05, 0.1) is 22.1 Å². The van der Waals surface area contributed by atoms with Crippen LogP contribution in [0.15, 0.2) is 12.1 Å². The van der Waals surface area contributed by atoms with E-state index in [1.54, 1.807) is 4.68 Å². The van der Waals surface area contributed by atoms with E-state index in [9.17, 15) is 0 Å². The maximum Gasteiger partial charge on any atom is 0.177 e. The van der Waals surface area contributed by atoms with Crippen molar-refractivity contribution >= 4 is 17.3 Å². The van der Waals surface area contributed by atoms with E-state index in [0.717, 1.165) is 17.1 Å². The molecule has 5 heteroatoms. The zero-order valence-corrected chi connectivity index (χ0v) is 10.2. The maximum atomic E-state index is 6.09. The molecule has 0 aliphatic carbocycles. The smallest absolute Gasteiger partial charge is 0.177 e. The van der Waals surface area contributed by atoms with Crippen molar-refractivity contribution in [2.45, 2.75) is 20.8 Å². The van der Waals surface area contributed by atoms with Crippen LogP contribution in [0.25, 0.3) is 5.82 Å². The van der Waals surface area contributed by atoms with Gasteiger partial charge in [-0.1, -0.05) is 11.6 Å². The fraction of sp³-hybridized carbons (Fsp3) is 0.273.